The van der Waals surface area contributed by atoms with Crippen molar-refractivity contribution in [2.75, 3.05) is 7.11 Å². The molecular weight excluding hydrogens is 244 g/mol. The molecule has 2 rings (SSSR count). The summed E-state index contributed by atoms with van der Waals surface area (Å²) >= 11 is 0. The largest absolute Gasteiger partial charge is 0.496 e. The molecule has 0 aliphatic rings. The predicted octanol–water partition coefficient (Wildman–Crippen LogP) is 3.71. The summed E-state index contributed by atoms with van der Waals surface area (Å²) in [5, 5.41) is 0. The van der Waals surface area contributed by atoms with Crippen LogP contribution in [0, 0.1) is 24.7 Å². The molecule has 0 spiro atoms. The second-order valence-electron chi connectivity index (χ2n) is 4.46. The second-order valence-corrected chi connectivity index (χ2v) is 4.46. The van der Waals surface area contributed by atoms with Crippen LogP contribution in [0.15, 0.2) is 42.5 Å². The average Bonchev–Trinajstić information content (AvgIpc) is 2.48. The summed E-state index contributed by atoms with van der Waals surface area (Å²) in [5.41, 5.74) is 4.26. The Labute approximate surface area is 120 Å². The van der Waals surface area contributed by atoms with Crippen LogP contribution >= 0.6 is 0 Å². The quantitative estimate of drug-likeness (QED) is 0.761. The molecule has 98 valence electrons. The smallest absolute Gasteiger partial charge is 0.127 e. The molecule has 2 aromatic carbocycles. The minimum Gasteiger partial charge on any atom is -0.496 e. The fourth-order valence-electron chi connectivity index (χ4n) is 2.30. The van der Waals surface area contributed by atoms with Crippen molar-refractivity contribution >= 4 is 0 Å². The Morgan fingerprint density at radius 1 is 0.900 bits per heavy atom. The van der Waals surface area contributed by atoms with Gasteiger partial charge in [-0.2, -0.15) is 0 Å². The highest BCUT2D eigenvalue weighted by atomic mass is 16.5. The standard InChI is InChI=1S/C19H16O/c1-4-9-16-13-18(15-11-7-6-8-12-15)14-17(10-5-2)19(16)20-3/h1-2,6-8,11-14H,9-10H2,3H3. The minimum atomic E-state index is 0.529. The van der Waals surface area contributed by atoms with Crippen LogP contribution < -0.4 is 4.74 Å². The average molecular weight is 260 g/mol. The normalized spacial score (nSPS) is 9.55. The summed E-state index contributed by atoms with van der Waals surface area (Å²) in [4.78, 5) is 0. The molecule has 0 atom stereocenters. The molecule has 0 N–H and O–H groups in total. The first-order valence-electron chi connectivity index (χ1n) is 6.42. The zero-order chi connectivity index (χ0) is 14.4. The molecular formula is C19H16O. The lowest BCUT2D eigenvalue weighted by Gasteiger charge is -2.14. The molecule has 0 unspecified atom stereocenters. The van der Waals surface area contributed by atoms with Crippen molar-refractivity contribution < 1.29 is 4.74 Å². The monoisotopic (exact) mass is 260 g/mol. The molecule has 1 heteroatoms. The van der Waals surface area contributed by atoms with Gasteiger partial charge < -0.3 is 4.74 Å². The Balaban J connectivity index is 2.60. The summed E-state index contributed by atoms with van der Waals surface area (Å²) in [5.74, 6) is 6.16. The summed E-state index contributed by atoms with van der Waals surface area (Å²) < 4.78 is 5.48. The Morgan fingerprint density at radius 2 is 1.45 bits per heavy atom. The highest BCUT2D eigenvalue weighted by Gasteiger charge is 2.11. The Bertz CT molecular complexity index is 632. The molecule has 1 nitrogen and oxygen atoms in total. The third-order valence-corrected chi connectivity index (χ3v) is 3.14. The van der Waals surface area contributed by atoms with E-state index >= 15 is 0 Å². The van der Waals surface area contributed by atoms with Crippen molar-refractivity contribution in [1.82, 2.24) is 0 Å². The number of ether oxygens (including phenoxy) is 1. The van der Waals surface area contributed by atoms with Crippen LogP contribution in [0.2, 0.25) is 0 Å². The van der Waals surface area contributed by atoms with Crippen molar-refractivity contribution in [1.29, 1.82) is 0 Å². The number of rotatable bonds is 4. The number of benzene rings is 2. The lowest BCUT2D eigenvalue weighted by atomic mass is 9.96. The molecule has 0 saturated carbocycles. The maximum Gasteiger partial charge on any atom is 0.127 e. The first kappa shape index (κ1) is 13.8. The zero-order valence-electron chi connectivity index (χ0n) is 11.5. The SMILES string of the molecule is C#CCc1cc(-c2ccccc2)cc(CC#C)c1OC. The van der Waals surface area contributed by atoms with Crippen molar-refractivity contribution in [3.05, 3.63) is 53.6 Å². The van der Waals surface area contributed by atoms with Gasteiger partial charge in [-0.15, -0.1) is 24.7 Å². The number of hydrogen-bond donors (Lipinski definition) is 0. The van der Waals surface area contributed by atoms with Crippen molar-refractivity contribution in [2.24, 2.45) is 0 Å². The Morgan fingerprint density at radius 3 is 1.90 bits per heavy atom. The van der Waals surface area contributed by atoms with Gasteiger partial charge >= 0.3 is 0 Å². The zero-order valence-corrected chi connectivity index (χ0v) is 11.5. The van der Waals surface area contributed by atoms with Crippen LogP contribution in [0.25, 0.3) is 11.1 Å². The van der Waals surface area contributed by atoms with Crippen molar-refractivity contribution in [2.45, 2.75) is 12.8 Å². The Hall–Kier alpha value is -2.64. The lowest BCUT2D eigenvalue weighted by Crippen LogP contribution is -1.98. The fourth-order valence-corrected chi connectivity index (χ4v) is 2.30. The van der Waals surface area contributed by atoms with Gasteiger partial charge in [0, 0.05) is 24.0 Å². The van der Waals surface area contributed by atoms with Crippen LogP contribution in [0.4, 0.5) is 0 Å². The van der Waals surface area contributed by atoms with Crippen LogP contribution in [0.3, 0.4) is 0 Å². The fraction of sp³-hybridized carbons (Fsp3) is 0.158. The maximum absolute atomic E-state index is 5.48. The van der Waals surface area contributed by atoms with Crippen LogP contribution in [0.1, 0.15) is 11.1 Å². The van der Waals surface area contributed by atoms with Gasteiger partial charge in [0.05, 0.1) is 7.11 Å². The van der Waals surface area contributed by atoms with E-state index in [1.54, 1.807) is 7.11 Å². The van der Waals surface area contributed by atoms with Gasteiger partial charge in [-0.1, -0.05) is 30.3 Å². The van der Waals surface area contributed by atoms with E-state index in [4.69, 9.17) is 17.6 Å². The molecule has 0 fully saturated rings. The van der Waals surface area contributed by atoms with Crippen LogP contribution in [0.5, 0.6) is 5.75 Å². The second kappa shape index (κ2) is 6.50. The number of terminal acetylenes is 2. The molecule has 0 aliphatic heterocycles. The van der Waals surface area contributed by atoms with Gasteiger partial charge in [-0.3, -0.25) is 0 Å². The molecule has 0 aliphatic carbocycles. The predicted molar refractivity (Wildman–Crippen MR) is 83.5 cm³/mol. The summed E-state index contributed by atoms with van der Waals surface area (Å²) in [6.45, 7) is 0. The van der Waals surface area contributed by atoms with E-state index in [9.17, 15) is 0 Å². The first-order chi connectivity index (χ1) is 9.80. The summed E-state index contributed by atoms with van der Waals surface area (Å²) in [6.07, 6.45) is 12.0. The highest BCUT2D eigenvalue weighted by Crippen LogP contribution is 2.31. The van der Waals surface area contributed by atoms with Crippen LogP contribution in [-0.4, -0.2) is 7.11 Å². The molecule has 0 radical (unpaired) electrons. The Kier molecular flexibility index (Phi) is 4.48. The lowest BCUT2D eigenvalue weighted by molar-refractivity contribution is 0.407. The third kappa shape index (κ3) is 2.85. The topological polar surface area (TPSA) is 9.23 Å². The molecule has 0 heterocycles. The molecule has 2 aromatic rings. The molecule has 20 heavy (non-hydrogen) atoms. The molecule has 0 bridgehead atoms. The van der Waals surface area contributed by atoms with Gasteiger partial charge in [0.2, 0.25) is 0 Å². The number of methoxy groups -OCH3 is 1. The summed E-state index contributed by atoms with van der Waals surface area (Å²) in [7, 11) is 1.65. The highest BCUT2D eigenvalue weighted by molar-refractivity contribution is 5.68. The van der Waals surface area contributed by atoms with Crippen molar-refractivity contribution in [3.63, 3.8) is 0 Å². The molecule has 0 amide bonds. The van der Waals surface area contributed by atoms with E-state index in [0.29, 0.717) is 12.8 Å². The maximum atomic E-state index is 5.48. The summed E-state index contributed by atoms with van der Waals surface area (Å²) in [6, 6.07) is 14.3. The van der Waals surface area contributed by atoms with Gasteiger partial charge in [0.15, 0.2) is 0 Å². The molecule has 0 saturated heterocycles. The molecule has 0 aromatic heterocycles. The van der Waals surface area contributed by atoms with Gasteiger partial charge in [0.1, 0.15) is 5.75 Å². The van der Waals surface area contributed by atoms with Crippen LogP contribution in [-0.2, 0) is 12.8 Å². The third-order valence-electron chi connectivity index (χ3n) is 3.14. The van der Waals surface area contributed by atoms with E-state index in [1.165, 1.54) is 0 Å². The van der Waals surface area contributed by atoms with E-state index < -0.39 is 0 Å². The first-order valence-corrected chi connectivity index (χ1v) is 6.42. The van der Waals surface area contributed by atoms with Gasteiger partial charge in [-0.05, 0) is 23.3 Å². The van der Waals surface area contributed by atoms with Crippen molar-refractivity contribution in [3.8, 4) is 41.6 Å². The van der Waals surface area contributed by atoms with E-state index in [0.717, 1.165) is 28.0 Å². The van der Waals surface area contributed by atoms with E-state index in [1.807, 2.05) is 18.2 Å². The minimum absolute atomic E-state index is 0.529. The van der Waals surface area contributed by atoms with E-state index in [2.05, 4.69) is 36.1 Å². The van der Waals surface area contributed by atoms with E-state index in [-0.39, 0.29) is 0 Å². The van der Waals surface area contributed by atoms with Gasteiger partial charge in [-0.25, -0.2) is 0 Å². The van der Waals surface area contributed by atoms with Gasteiger partial charge in [0.25, 0.3) is 0 Å². The number of hydrogen-bond acceptors (Lipinski definition) is 1.